The summed E-state index contributed by atoms with van der Waals surface area (Å²) in [5, 5.41) is 4.11. The Bertz CT molecular complexity index is 1020. The number of nitrogens with zero attached hydrogens (tertiary/aromatic N) is 2. The quantitative estimate of drug-likeness (QED) is 0.383. The normalized spacial score (nSPS) is 10.6. The van der Waals surface area contributed by atoms with Gasteiger partial charge in [-0.3, -0.25) is 0 Å². The Morgan fingerprint density at radius 3 is 2.57 bits per heavy atom. The number of ether oxygens (including phenoxy) is 4. The lowest BCUT2D eigenvalue weighted by atomic mass is 10.2. The van der Waals surface area contributed by atoms with Gasteiger partial charge < -0.3 is 24.3 Å². The van der Waals surface area contributed by atoms with E-state index in [2.05, 4.69) is 21.2 Å². The summed E-state index contributed by atoms with van der Waals surface area (Å²) in [6, 6.07) is 11.3. The monoisotopic (exact) mass is 406 g/mol. The predicted octanol–water partition coefficient (Wildman–Crippen LogP) is 3.80. The molecule has 0 spiro atoms. The number of methoxy groups -OCH3 is 1. The summed E-state index contributed by atoms with van der Waals surface area (Å²) in [6.07, 6.45) is 7.01. The molecule has 0 saturated heterocycles. The number of aromatic nitrogens is 2. The van der Waals surface area contributed by atoms with Gasteiger partial charge in [-0.1, -0.05) is 12.0 Å². The summed E-state index contributed by atoms with van der Waals surface area (Å²) in [6.45, 7) is 4.34. The van der Waals surface area contributed by atoms with Gasteiger partial charge in [-0.15, -0.1) is 6.42 Å². The second kappa shape index (κ2) is 11.0. The Labute approximate surface area is 176 Å². The molecule has 156 valence electrons. The third-order valence-corrected chi connectivity index (χ3v) is 4.23. The van der Waals surface area contributed by atoms with E-state index in [0.29, 0.717) is 50.4 Å². The highest BCUT2D eigenvalue weighted by molar-refractivity contribution is 5.93. The number of nitrogens with one attached hydrogen (secondary N) is 1. The first-order valence-electron chi connectivity index (χ1n) is 9.70. The van der Waals surface area contributed by atoms with E-state index in [-0.39, 0.29) is 0 Å². The maximum Gasteiger partial charge on any atom is 0.163 e. The molecule has 0 saturated carbocycles. The number of fused-ring (bicyclic) bond motifs is 1. The van der Waals surface area contributed by atoms with Crippen LogP contribution in [-0.2, 0) is 9.47 Å². The molecule has 0 radical (unpaired) electrons. The van der Waals surface area contributed by atoms with Gasteiger partial charge in [-0.25, -0.2) is 9.97 Å². The van der Waals surface area contributed by atoms with Crippen LogP contribution in [0.25, 0.3) is 10.9 Å². The molecular weight excluding hydrogens is 381 g/mol. The van der Waals surface area contributed by atoms with Crippen LogP contribution < -0.4 is 14.8 Å². The molecule has 7 nitrogen and oxygen atoms in total. The Balaban J connectivity index is 1.93. The summed E-state index contributed by atoms with van der Waals surface area (Å²) in [7, 11) is 1.63. The van der Waals surface area contributed by atoms with Crippen LogP contribution in [-0.4, -0.2) is 50.1 Å². The number of benzene rings is 2. The van der Waals surface area contributed by atoms with E-state index in [1.54, 1.807) is 7.11 Å². The molecule has 2 aromatic carbocycles. The second-order valence-electron chi connectivity index (χ2n) is 6.28. The van der Waals surface area contributed by atoms with Crippen molar-refractivity contribution in [3.8, 4) is 23.8 Å². The second-order valence-corrected chi connectivity index (χ2v) is 6.28. The van der Waals surface area contributed by atoms with Crippen molar-refractivity contribution in [3.05, 3.63) is 48.3 Å². The average molecular weight is 406 g/mol. The van der Waals surface area contributed by atoms with Crippen LogP contribution in [0.5, 0.6) is 11.5 Å². The fourth-order valence-electron chi connectivity index (χ4n) is 2.80. The molecule has 1 aromatic heterocycles. The van der Waals surface area contributed by atoms with Crippen molar-refractivity contribution in [2.75, 3.05) is 45.5 Å². The van der Waals surface area contributed by atoms with Crippen molar-refractivity contribution in [1.82, 2.24) is 9.97 Å². The zero-order chi connectivity index (χ0) is 21.2. The lowest BCUT2D eigenvalue weighted by Gasteiger charge is -2.15. The highest BCUT2D eigenvalue weighted by Gasteiger charge is 2.13. The van der Waals surface area contributed by atoms with Crippen molar-refractivity contribution in [3.63, 3.8) is 0 Å². The van der Waals surface area contributed by atoms with E-state index < -0.39 is 0 Å². The fraction of sp³-hybridized carbons (Fsp3) is 0.304. The van der Waals surface area contributed by atoms with Gasteiger partial charge >= 0.3 is 0 Å². The standard InChI is InChI=1S/C23H25N3O4/c1-4-17-7-6-8-18(13-17)26-23-19-14-21(30-12-10-28-5-2)22(29-11-9-27-3)15-20(19)24-16-25-23/h1,6-8,13-16H,5,9-12H2,2-3H3,(H,24,25,26)/i2-1. The van der Waals surface area contributed by atoms with Gasteiger partial charge in [0.05, 0.1) is 18.7 Å². The zero-order valence-electron chi connectivity index (χ0n) is 17.2. The first kappa shape index (κ1) is 21.4. The molecule has 7 heteroatoms. The summed E-state index contributed by atoms with van der Waals surface area (Å²) >= 11 is 0. The van der Waals surface area contributed by atoms with Gasteiger partial charge in [0.1, 0.15) is 25.4 Å². The molecule has 0 unspecified atom stereocenters. The summed E-state index contributed by atoms with van der Waals surface area (Å²) < 4.78 is 22.2. The molecule has 0 aliphatic rings. The maximum absolute atomic E-state index is 5.92. The van der Waals surface area contributed by atoms with E-state index in [0.717, 1.165) is 22.2 Å². The molecule has 0 atom stereocenters. The number of anilines is 2. The molecule has 0 bridgehead atoms. The molecule has 0 aliphatic carbocycles. The van der Waals surface area contributed by atoms with Crippen molar-refractivity contribution < 1.29 is 18.9 Å². The molecule has 1 heterocycles. The molecule has 3 aromatic rings. The minimum Gasteiger partial charge on any atom is -0.487 e. The van der Waals surface area contributed by atoms with Gasteiger partial charge in [0.25, 0.3) is 0 Å². The van der Waals surface area contributed by atoms with Gasteiger partial charge in [0.15, 0.2) is 11.5 Å². The van der Waals surface area contributed by atoms with E-state index in [9.17, 15) is 0 Å². The van der Waals surface area contributed by atoms with Gasteiger partial charge in [0, 0.05) is 36.4 Å². The Kier molecular flexibility index (Phi) is 7.84. The topological polar surface area (TPSA) is 74.7 Å². The maximum atomic E-state index is 5.92. The summed E-state index contributed by atoms with van der Waals surface area (Å²) in [5.41, 5.74) is 2.35. The first-order chi connectivity index (χ1) is 14.7. The van der Waals surface area contributed by atoms with Crippen LogP contribution >= 0.6 is 0 Å². The van der Waals surface area contributed by atoms with Crippen LogP contribution in [0.4, 0.5) is 11.5 Å². The molecule has 30 heavy (non-hydrogen) atoms. The fourth-order valence-corrected chi connectivity index (χ4v) is 2.80. The van der Waals surface area contributed by atoms with E-state index >= 15 is 0 Å². The highest BCUT2D eigenvalue weighted by atomic mass is 16.5. The highest BCUT2D eigenvalue weighted by Crippen LogP contribution is 2.35. The van der Waals surface area contributed by atoms with Crippen molar-refractivity contribution in [1.29, 1.82) is 0 Å². The van der Waals surface area contributed by atoms with Crippen LogP contribution in [0.15, 0.2) is 42.7 Å². The summed E-state index contributed by atoms with van der Waals surface area (Å²) in [4.78, 5) is 8.78. The molecule has 0 aliphatic heterocycles. The molecule has 3 rings (SSSR count). The molecule has 0 fully saturated rings. The van der Waals surface area contributed by atoms with Crippen LogP contribution in [0.3, 0.4) is 0 Å². The number of hydrogen-bond acceptors (Lipinski definition) is 7. The largest absolute Gasteiger partial charge is 0.487 e. The smallest absolute Gasteiger partial charge is 0.163 e. The molecule has 1 N–H and O–H groups in total. The Morgan fingerprint density at radius 1 is 1.00 bits per heavy atom. The lowest BCUT2D eigenvalue weighted by Crippen LogP contribution is -2.09. The SMILES string of the molecule is C#Cc1cccc(Nc2ncnc3cc(OCCOC)c(OCCOC[11CH3])cc23)c1. The van der Waals surface area contributed by atoms with Crippen molar-refractivity contribution >= 4 is 22.4 Å². The Hall–Kier alpha value is -3.34. The number of terminal acetylenes is 1. The third-order valence-electron chi connectivity index (χ3n) is 4.23. The van der Waals surface area contributed by atoms with Gasteiger partial charge in [-0.05, 0) is 31.2 Å². The van der Waals surface area contributed by atoms with E-state index in [1.807, 2.05) is 43.3 Å². The van der Waals surface area contributed by atoms with Gasteiger partial charge in [0.2, 0.25) is 0 Å². The third kappa shape index (κ3) is 5.60. The molecular formula is C23H25N3O4. The van der Waals surface area contributed by atoms with Crippen LogP contribution in [0.1, 0.15) is 12.5 Å². The van der Waals surface area contributed by atoms with E-state index in [4.69, 9.17) is 25.4 Å². The number of hydrogen-bond donors (Lipinski definition) is 1. The first-order valence-corrected chi connectivity index (χ1v) is 9.70. The van der Waals surface area contributed by atoms with Crippen LogP contribution in [0, 0.1) is 12.3 Å². The minimum atomic E-state index is 0.402. The summed E-state index contributed by atoms with van der Waals surface area (Å²) in [5.74, 6) is 4.46. The zero-order valence-corrected chi connectivity index (χ0v) is 17.2. The number of rotatable bonds is 11. The van der Waals surface area contributed by atoms with E-state index in [1.165, 1.54) is 6.33 Å². The molecule has 0 amide bonds. The lowest BCUT2D eigenvalue weighted by molar-refractivity contribution is 0.106. The van der Waals surface area contributed by atoms with Crippen molar-refractivity contribution in [2.45, 2.75) is 6.92 Å². The minimum absolute atomic E-state index is 0.402. The van der Waals surface area contributed by atoms with Crippen LogP contribution in [0.2, 0.25) is 0 Å². The average Bonchev–Trinajstić information content (AvgIpc) is 2.77. The van der Waals surface area contributed by atoms with Crippen molar-refractivity contribution in [2.24, 2.45) is 0 Å². The Morgan fingerprint density at radius 2 is 1.80 bits per heavy atom. The predicted molar refractivity (Wildman–Crippen MR) is 117 cm³/mol. The van der Waals surface area contributed by atoms with Gasteiger partial charge in [-0.2, -0.15) is 0 Å².